The summed E-state index contributed by atoms with van der Waals surface area (Å²) in [5.41, 5.74) is 1.37. The average Bonchev–Trinajstić information content (AvgIpc) is 2.56. The van der Waals surface area contributed by atoms with Gasteiger partial charge < -0.3 is 5.32 Å². The van der Waals surface area contributed by atoms with E-state index in [1.54, 1.807) is 42.5 Å². The molecule has 0 saturated carbocycles. The number of nitrogens with one attached hydrogen (secondary N) is 1. The zero-order valence-electron chi connectivity index (χ0n) is 13.2. The van der Waals surface area contributed by atoms with Gasteiger partial charge in [-0.3, -0.25) is 14.2 Å². The first kappa shape index (κ1) is 18.5. The van der Waals surface area contributed by atoms with E-state index in [-0.39, 0.29) is 12.1 Å². The van der Waals surface area contributed by atoms with Crippen LogP contribution in [0.15, 0.2) is 59.7 Å². The van der Waals surface area contributed by atoms with Gasteiger partial charge in [0.2, 0.25) is 5.91 Å². The van der Waals surface area contributed by atoms with E-state index in [4.69, 9.17) is 34.8 Å². The molecule has 0 aliphatic carbocycles. The number of rotatable bonds is 4. The molecule has 1 heterocycles. The van der Waals surface area contributed by atoms with E-state index in [0.717, 1.165) is 5.56 Å². The van der Waals surface area contributed by atoms with Crippen LogP contribution in [0.4, 0.5) is 5.69 Å². The number of hydrogen-bond acceptors (Lipinski definition) is 3. The number of halogens is 3. The first-order chi connectivity index (χ1) is 12.4. The molecular formula is C18H12Cl3N3O2. The minimum absolute atomic E-state index is 0.184. The maximum absolute atomic E-state index is 12.3. The van der Waals surface area contributed by atoms with Crippen LogP contribution >= 0.6 is 34.8 Å². The Balaban J connectivity index is 1.74. The van der Waals surface area contributed by atoms with Gasteiger partial charge >= 0.3 is 0 Å². The van der Waals surface area contributed by atoms with Gasteiger partial charge in [0.05, 0.1) is 12.0 Å². The molecule has 0 aliphatic heterocycles. The molecule has 0 saturated heterocycles. The summed E-state index contributed by atoms with van der Waals surface area (Å²) in [5.74, 6) is -0.397. The number of aromatic nitrogens is 2. The fraction of sp³-hybridized carbons (Fsp3) is 0.0556. The molecule has 3 aromatic rings. The maximum atomic E-state index is 12.3. The largest absolute Gasteiger partial charge is 0.324 e. The lowest BCUT2D eigenvalue weighted by molar-refractivity contribution is -0.116. The molecule has 0 spiro atoms. The number of amides is 1. The second kappa shape index (κ2) is 7.91. The Morgan fingerprint density at radius 1 is 0.962 bits per heavy atom. The summed E-state index contributed by atoms with van der Waals surface area (Å²) < 4.78 is 1.21. The van der Waals surface area contributed by atoms with Crippen molar-refractivity contribution in [2.24, 2.45) is 0 Å². The van der Waals surface area contributed by atoms with Gasteiger partial charge in [0.15, 0.2) is 0 Å². The molecule has 1 amide bonds. The van der Waals surface area contributed by atoms with Crippen LogP contribution < -0.4 is 10.9 Å². The van der Waals surface area contributed by atoms with E-state index in [2.05, 4.69) is 10.3 Å². The Morgan fingerprint density at radius 3 is 2.23 bits per heavy atom. The molecule has 0 atom stereocenters. The first-order valence-corrected chi connectivity index (χ1v) is 8.62. The molecule has 3 rings (SSSR count). The van der Waals surface area contributed by atoms with Crippen molar-refractivity contribution in [3.8, 4) is 11.3 Å². The Bertz CT molecular complexity index is 997. The summed E-state index contributed by atoms with van der Waals surface area (Å²) in [5, 5.41) is 4.04. The van der Waals surface area contributed by atoms with Crippen LogP contribution in [0.2, 0.25) is 15.1 Å². The Kier molecular flexibility index (Phi) is 5.61. The number of benzene rings is 2. The quantitative estimate of drug-likeness (QED) is 0.691. The normalized spacial score (nSPS) is 10.6. The fourth-order valence-electron chi connectivity index (χ4n) is 2.30. The SMILES string of the molecule is O=C(Cn1cnc(-c2ccc(Cl)cc2)cc1=O)Nc1cc(Cl)cc(Cl)c1. The van der Waals surface area contributed by atoms with Crippen LogP contribution in [0.1, 0.15) is 0 Å². The van der Waals surface area contributed by atoms with Crippen LogP contribution in [0.25, 0.3) is 11.3 Å². The van der Waals surface area contributed by atoms with Crippen LogP contribution in [-0.2, 0) is 11.3 Å². The summed E-state index contributed by atoms with van der Waals surface area (Å²) in [6, 6.07) is 13.0. The van der Waals surface area contributed by atoms with Gasteiger partial charge in [0.25, 0.3) is 5.56 Å². The minimum Gasteiger partial charge on any atom is -0.324 e. The van der Waals surface area contributed by atoms with E-state index in [1.165, 1.54) is 17.0 Å². The first-order valence-electron chi connectivity index (χ1n) is 7.49. The number of anilines is 1. The van der Waals surface area contributed by atoms with Crippen molar-refractivity contribution in [1.29, 1.82) is 0 Å². The predicted octanol–water partition coefficient (Wildman–Crippen LogP) is 4.51. The smallest absolute Gasteiger partial charge is 0.254 e. The summed E-state index contributed by atoms with van der Waals surface area (Å²) in [6.45, 7) is -0.184. The summed E-state index contributed by atoms with van der Waals surface area (Å²) in [6.07, 6.45) is 1.33. The molecule has 26 heavy (non-hydrogen) atoms. The third kappa shape index (κ3) is 4.64. The van der Waals surface area contributed by atoms with Crippen molar-refractivity contribution in [2.75, 3.05) is 5.32 Å². The molecule has 0 unspecified atom stereocenters. The molecule has 1 N–H and O–H groups in total. The number of hydrogen-bond donors (Lipinski definition) is 1. The predicted molar refractivity (Wildman–Crippen MR) is 104 cm³/mol. The molecule has 0 aliphatic rings. The van der Waals surface area contributed by atoms with Gasteiger partial charge in [-0.15, -0.1) is 0 Å². The van der Waals surface area contributed by atoms with Gasteiger partial charge in [-0.2, -0.15) is 0 Å². The lowest BCUT2D eigenvalue weighted by atomic mass is 10.1. The third-order valence-electron chi connectivity index (χ3n) is 3.48. The van der Waals surface area contributed by atoms with Gasteiger partial charge in [-0.05, 0) is 30.3 Å². The van der Waals surface area contributed by atoms with E-state index >= 15 is 0 Å². The van der Waals surface area contributed by atoms with Crippen LogP contribution in [0, 0.1) is 0 Å². The van der Waals surface area contributed by atoms with E-state index in [9.17, 15) is 9.59 Å². The van der Waals surface area contributed by atoms with Crippen molar-refractivity contribution >= 4 is 46.4 Å². The molecule has 0 radical (unpaired) electrons. The molecular weight excluding hydrogens is 397 g/mol. The zero-order valence-corrected chi connectivity index (χ0v) is 15.5. The van der Waals surface area contributed by atoms with Gasteiger partial charge in [0, 0.05) is 32.4 Å². The summed E-state index contributed by atoms with van der Waals surface area (Å²) in [4.78, 5) is 28.6. The van der Waals surface area contributed by atoms with E-state index in [1.807, 2.05) is 0 Å². The second-order valence-corrected chi connectivity index (χ2v) is 6.76. The number of carbonyl (C=O) groups excluding carboxylic acids is 1. The van der Waals surface area contributed by atoms with Crippen molar-refractivity contribution in [2.45, 2.75) is 6.54 Å². The highest BCUT2D eigenvalue weighted by Gasteiger charge is 2.08. The van der Waals surface area contributed by atoms with Gasteiger partial charge in [0.1, 0.15) is 6.54 Å². The van der Waals surface area contributed by atoms with E-state index < -0.39 is 5.91 Å². The summed E-state index contributed by atoms with van der Waals surface area (Å²) in [7, 11) is 0. The molecule has 8 heteroatoms. The highest BCUT2D eigenvalue weighted by Crippen LogP contribution is 2.22. The topological polar surface area (TPSA) is 64.0 Å². The Hall–Kier alpha value is -2.34. The highest BCUT2D eigenvalue weighted by molar-refractivity contribution is 6.35. The van der Waals surface area contributed by atoms with Crippen LogP contribution in [0.5, 0.6) is 0 Å². The molecule has 0 fully saturated rings. The Labute approximate surface area is 164 Å². The molecule has 1 aromatic heterocycles. The van der Waals surface area contributed by atoms with E-state index in [0.29, 0.717) is 26.4 Å². The molecule has 0 bridgehead atoms. The summed E-state index contributed by atoms with van der Waals surface area (Å²) >= 11 is 17.6. The van der Waals surface area contributed by atoms with Crippen molar-refractivity contribution in [1.82, 2.24) is 9.55 Å². The van der Waals surface area contributed by atoms with Crippen molar-refractivity contribution in [3.63, 3.8) is 0 Å². The standard InChI is InChI=1S/C18H12Cl3N3O2/c19-12-3-1-11(2-4-12)16-8-18(26)24(10-22-16)9-17(25)23-15-6-13(20)5-14(21)7-15/h1-8,10H,9H2,(H,23,25). The average molecular weight is 409 g/mol. The number of carbonyl (C=O) groups is 1. The third-order valence-corrected chi connectivity index (χ3v) is 4.17. The monoisotopic (exact) mass is 407 g/mol. The highest BCUT2D eigenvalue weighted by atomic mass is 35.5. The lowest BCUT2D eigenvalue weighted by Gasteiger charge is -2.09. The van der Waals surface area contributed by atoms with Crippen molar-refractivity contribution < 1.29 is 4.79 Å². The molecule has 2 aromatic carbocycles. The number of nitrogens with zero attached hydrogens (tertiary/aromatic N) is 2. The zero-order chi connectivity index (χ0) is 18.7. The molecule has 132 valence electrons. The van der Waals surface area contributed by atoms with Gasteiger partial charge in [-0.25, -0.2) is 4.98 Å². The molecule has 5 nitrogen and oxygen atoms in total. The lowest BCUT2D eigenvalue weighted by Crippen LogP contribution is -2.27. The second-order valence-electron chi connectivity index (χ2n) is 5.45. The van der Waals surface area contributed by atoms with Crippen molar-refractivity contribution in [3.05, 3.63) is 80.3 Å². The van der Waals surface area contributed by atoms with Gasteiger partial charge in [-0.1, -0.05) is 46.9 Å². The fourth-order valence-corrected chi connectivity index (χ4v) is 2.96. The maximum Gasteiger partial charge on any atom is 0.254 e. The van der Waals surface area contributed by atoms with Crippen LogP contribution in [0.3, 0.4) is 0 Å². The minimum atomic E-state index is -0.397. The van der Waals surface area contributed by atoms with Crippen LogP contribution in [-0.4, -0.2) is 15.5 Å². The Morgan fingerprint density at radius 2 is 1.62 bits per heavy atom.